The Kier molecular flexibility index (Phi) is 5.86. The van der Waals surface area contributed by atoms with Gasteiger partial charge in [0.15, 0.2) is 0 Å². The van der Waals surface area contributed by atoms with Crippen molar-refractivity contribution in [3.05, 3.63) is 76.7 Å². The summed E-state index contributed by atoms with van der Waals surface area (Å²) in [6, 6.07) is 14.5. The molecule has 0 N–H and O–H groups in total. The quantitative estimate of drug-likeness (QED) is 0.400. The Labute approximate surface area is 196 Å². The summed E-state index contributed by atoms with van der Waals surface area (Å²) in [7, 11) is 1.56. The van der Waals surface area contributed by atoms with Gasteiger partial charge in [-0.3, -0.25) is 0 Å². The molecule has 1 fully saturated rings. The van der Waals surface area contributed by atoms with Gasteiger partial charge < -0.3 is 9.47 Å². The molecule has 1 atom stereocenters. The van der Waals surface area contributed by atoms with Crippen LogP contribution in [0.4, 0.5) is 4.39 Å². The molecule has 1 heterocycles. The smallest absolute Gasteiger partial charge is 0.213 e. The molecule has 172 valence electrons. The Morgan fingerprint density at radius 1 is 1.00 bits per heavy atom. The van der Waals surface area contributed by atoms with Gasteiger partial charge in [0.05, 0.1) is 13.3 Å². The van der Waals surface area contributed by atoms with Crippen molar-refractivity contribution in [2.45, 2.75) is 64.9 Å². The van der Waals surface area contributed by atoms with Crippen LogP contribution >= 0.6 is 0 Å². The third-order valence-electron chi connectivity index (χ3n) is 7.55. The van der Waals surface area contributed by atoms with Crippen LogP contribution in [0, 0.1) is 11.2 Å². The van der Waals surface area contributed by atoms with E-state index in [4.69, 9.17) is 9.47 Å². The van der Waals surface area contributed by atoms with Gasteiger partial charge in [0.2, 0.25) is 5.88 Å². The average molecular weight is 446 g/mol. The highest BCUT2D eigenvalue weighted by molar-refractivity contribution is 5.70. The van der Waals surface area contributed by atoms with E-state index in [0.29, 0.717) is 24.0 Å². The average Bonchev–Trinajstić information content (AvgIpc) is 3.43. The summed E-state index contributed by atoms with van der Waals surface area (Å²) in [5.41, 5.74) is 6.81. The first-order chi connectivity index (χ1) is 15.9. The van der Waals surface area contributed by atoms with Crippen molar-refractivity contribution in [1.29, 1.82) is 0 Å². The first-order valence-electron chi connectivity index (χ1n) is 12.0. The van der Waals surface area contributed by atoms with E-state index in [1.807, 2.05) is 6.07 Å². The van der Waals surface area contributed by atoms with Gasteiger partial charge in [0, 0.05) is 11.6 Å². The molecule has 3 nitrogen and oxygen atoms in total. The number of hydrogen-bond acceptors (Lipinski definition) is 3. The van der Waals surface area contributed by atoms with Crippen LogP contribution in [0.25, 0.3) is 11.1 Å². The number of nitrogens with zero attached hydrogens (tertiary/aromatic N) is 1. The van der Waals surface area contributed by atoms with Crippen molar-refractivity contribution >= 4 is 0 Å². The fourth-order valence-electron chi connectivity index (χ4n) is 5.68. The summed E-state index contributed by atoms with van der Waals surface area (Å²) in [4.78, 5) is 4.03. The van der Waals surface area contributed by atoms with Crippen LogP contribution in [-0.2, 0) is 19.4 Å². The fraction of sp³-hybridized carbons (Fsp3) is 0.414. The van der Waals surface area contributed by atoms with Crippen molar-refractivity contribution in [1.82, 2.24) is 4.98 Å². The molecule has 33 heavy (non-hydrogen) atoms. The molecule has 1 unspecified atom stereocenters. The normalized spacial score (nSPS) is 18.8. The molecular weight excluding hydrogens is 413 g/mol. The zero-order chi connectivity index (χ0) is 23.0. The van der Waals surface area contributed by atoms with E-state index in [2.05, 4.69) is 49.2 Å². The molecule has 0 radical (unpaired) electrons. The molecule has 0 spiro atoms. The van der Waals surface area contributed by atoms with Crippen molar-refractivity contribution in [2.24, 2.45) is 5.41 Å². The van der Waals surface area contributed by atoms with Crippen molar-refractivity contribution in [2.75, 3.05) is 7.11 Å². The molecular formula is C29H32FNO2. The third kappa shape index (κ3) is 4.36. The first kappa shape index (κ1) is 21.9. The molecule has 2 aliphatic carbocycles. The highest BCUT2D eigenvalue weighted by Gasteiger charge is 2.37. The summed E-state index contributed by atoms with van der Waals surface area (Å²) < 4.78 is 26.4. The Morgan fingerprint density at radius 3 is 2.64 bits per heavy atom. The monoisotopic (exact) mass is 445 g/mol. The lowest BCUT2D eigenvalue weighted by atomic mass is 9.75. The highest BCUT2D eigenvalue weighted by Crippen LogP contribution is 2.51. The van der Waals surface area contributed by atoms with Gasteiger partial charge in [0.25, 0.3) is 0 Å². The Balaban J connectivity index is 1.49. The van der Waals surface area contributed by atoms with Gasteiger partial charge in [-0.15, -0.1) is 0 Å². The SMILES string of the molecule is COc1cc(-c2ccc(COc3ccc4c(c3)CCC4)cc2C2CCCC2(C)C)c(F)cn1. The Hall–Kier alpha value is -2.88. The topological polar surface area (TPSA) is 31.4 Å². The predicted molar refractivity (Wildman–Crippen MR) is 129 cm³/mol. The van der Waals surface area contributed by atoms with Crippen LogP contribution in [0.15, 0.2) is 48.7 Å². The van der Waals surface area contributed by atoms with E-state index in [0.717, 1.165) is 29.7 Å². The second kappa shape index (κ2) is 8.81. The summed E-state index contributed by atoms with van der Waals surface area (Å²) >= 11 is 0. The van der Waals surface area contributed by atoms with Crippen molar-refractivity contribution < 1.29 is 13.9 Å². The van der Waals surface area contributed by atoms with Gasteiger partial charge in [-0.1, -0.05) is 44.5 Å². The van der Waals surface area contributed by atoms with Gasteiger partial charge >= 0.3 is 0 Å². The number of hydrogen-bond donors (Lipinski definition) is 0. The molecule has 2 aromatic carbocycles. The summed E-state index contributed by atoms with van der Waals surface area (Å²) in [6.45, 7) is 5.15. The maximum absolute atomic E-state index is 14.9. The number of aromatic nitrogens is 1. The Morgan fingerprint density at radius 2 is 1.85 bits per heavy atom. The van der Waals surface area contributed by atoms with Crippen LogP contribution in [0.1, 0.15) is 67.7 Å². The zero-order valence-electron chi connectivity index (χ0n) is 19.8. The minimum atomic E-state index is -0.324. The van der Waals surface area contributed by atoms with Crippen molar-refractivity contribution in [3.8, 4) is 22.8 Å². The predicted octanol–water partition coefficient (Wildman–Crippen LogP) is 7.26. The second-order valence-electron chi connectivity index (χ2n) is 10.1. The molecule has 1 aromatic heterocycles. The van der Waals surface area contributed by atoms with Gasteiger partial charge in [-0.2, -0.15) is 0 Å². The van der Waals surface area contributed by atoms with E-state index >= 15 is 0 Å². The summed E-state index contributed by atoms with van der Waals surface area (Å²) in [5.74, 6) is 1.39. The maximum atomic E-state index is 14.9. The summed E-state index contributed by atoms with van der Waals surface area (Å²) in [5, 5.41) is 0. The van der Waals surface area contributed by atoms with E-state index in [9.17, 15) is 4.39 Å². The molecule has 2 aliphatic rings. The van der Waals surface area contributed by atoms with Crippen LogP contribution < -0.4 is 9.47 Å². The number of methoxy groups -OCH3 is 1. The Bertz CT molecular complexity index is 1170. The minimum Gasteiger partial charge on any atom is -0.489 e. The molecule has 0 saturated heterocycles. The molecule has 0 aliphatic heterocycles. The number of benzene rings is 2. The number of rotatable bonds is 6. The van der Waals surface area contributed by atoms with E-state index in [1.165, 1.54) is 48.6 Å². The largest absolute Gasteiger partial charge is 0.489 e. The zero-order valence-corrected chi connectivity index (χ0v) is 19.8. The molecule has 3 aromatic rings. The van der Waals surface area contributed by atoms with Gasteiger partial charge in [-0.25, -0.2) is 9.37 Å². The first-order valence-corrected chi connectivity index (χ1v) is 12.0. The van der Waals surface area contributed by atoms with Crippen LogP contribution in [-0.4, -0.2) is 12.1 Å². The lowest BCUT2D eigenvalue weighted by Gasteiger charge is -2.30. The molecule has 4 heteroatoms. The van der Waals surface area contributed by atoms with E-state index in [1.54, 1.807) is 13.2 Å². The number of fused-ring (bicyclic) bond motifs is 1. The number of ether oxygens (including phenoxy) is 2. The lowest BCUT2D eigenvalue weighted by Crippen LogP contribution is -2.17. The minimum absolute atomic E-state index is 0.168. The second-order valence-corrected chi connectivity index (χ2v) is 10.1. The van der Waals surface area contributed by atoms with Crippen LogP contribution in [0.5, 0.6) is 11.6 Å². The molecule has 0 bridgehead atoms. The summed E-state index contributed by atoms with van der Waals surface area (Å²) in [6.07, 6.45) is 8.28. The number of pyridine rings is 1. The van der Waals surface area contributed by atoms with Crippen LogP contribution in [0.3, 0.4) is 0 Å². The van der Waals surface area contributed by atoms with Crippen LogP contribution in [0.2, 0.25) is 0 Å². The maximum Gasteiger partial charge on any atom is 0.213 e. The molecule has 0 amide bonds. The van der Waals surface area contributed by atoms with Gasteiger partial charge in [0.1, 0.15) is 18.2 Å². The third-order valence-corrected chi connectivity index (χ3v) is 7.55. The molecule has 5 rings (SSSR count). The lowest BCUT2D eigenvalue weighted by molar-refractivity contribution is 0.304. The fourth-order valence-corrected chi connectivity index (χ4v) is 5.68. The molecule has 1 saturated carbocycles. The van der Waals surface area contributed by atoms with Crippen molar-refractivity contribution in [3.63, 3.8) is 0 Å². The standard InChI is InChI=1S/C29H32FNO2/c1-29(2)13-5-8-26(29)24-14-19(18-33-22-11-10-20-6-4-7-21(20)15-22)9-12-23(24)25-16-28(32-3)31-17-27(25)30/h9-12,14-17,26H,4-8,13,18H2,1-3H3. The van der Waals surface area contributed by atoms with E-state index < -0.39 is 0 Å². The number of aryl methyl sites for hydroxylation is 2. The number of halogens is 1. The highest BCUT2D eigenvalue weighted by atomic mass is 19.1. The van der Waals surface area contributed by atoms with E-state index in [-0.39, 0.29) is 11.2 Å². The van der Waals surface area contributed by atoms with Gasteiger partial charge in [-0.05, 0) is 83.4 Å².